The lowest BCUT2D eigenvalue weighted by molar-refractivity contribution is -0.126. The number of benzene rings is 2. The number of hydrogen-bond acceptors (Lipinski definition) is 9. The molecule has 2 N–H and O–H groups in total. The Morgan fingerprint density at radius 2 is 1.79 bits per heavy atom. The summed E-state index contributed by atoms with van der Waals surface area (Å²) in [5.41, 5.74) is 1.06. The van der Waals surface area contributed by atoms with E-state index in [1.807, 2.05) is 0 Å². The molecule has 3 aromatic rings. The number of nitrogens with zero attached hydrogens (tertiary/aromatic N) is 1. The van der Waals surface area contributed by atoms with Crippen LogP contribution in [-0.4, -0.2) is 70.3 Å². The van der Waals surface area contributed by atoms with Gasteiger partial charge in [0.05, 0.1) is 43.9 Å². The van der Waals surface area contributed by atoms with Gasteiger partial charge >= 0.3 is 5.97 Å². The largest absolute Gasteiger partial charge is 0.493 e. The quantitative estimate of drug-likeness (QED) is 0.280. The molecule has 1 saturated heterocycles. The number of nitrogens with one attached hydrogen (secondary N) is 2. The van der Waals surface area contributed by atoms with E-state index in [0.717, 1.165) is 12.8 Å². The predicted molar refractivity (Wildman–Crippen MR) is 161 cm³/mol. The van der Waals surface area contributed by atoms with Gasteiger partial charge in [-0.3, -0.25) is 19.3 Å². The normalized spacial score (nSPS) is 14.8. The molecular formula is C31H35N3O8S. The van der Waals surface area contributed by atoms with Crippen LogP contribution in [0.5, 0.6) is 11.5 Å². The van der Waals surface area contributed by atoms with Crippen LogP contribution in [0.4, 0.5) is 5.69 Å². The fraction of sp³-hybridized carbons (Fsp3) is 0.355. The third-order valence-corrected chi connectivity index (χ3v) is 7.70. The zero-order valence-electron chi connectivity index (χ0n) is 24.3. The smallest absolute Gasteiger partial charge is 0.338 e. The summed E-state index contributed by atoms with van der Waals surface area (Å²) in [6.07, 6.45) is 1.59. The molecule has 2 atom stereocenters. The monoisotopic (exact) mass is 609 g/mol. The molecule has 12 heteroatoms. The van der Waals surface area contributed by atoms with Crippen molar-refractivity contribution in [2.45, 2.75) is 31.9 Å². The molecule has 43 heavy (non-hydrogen) atoms. The molecule has 0 aliphatic carbocycles. The number of anilines is 1. The number of carbonyl (C=O) groups excluding carboxylic acids is 4. The molecule has 0 saturated carbocycles. The lowest BCUT2D eigenvalue weighted by atomic mass is 10.0. The van der Waals surface area contributed by atoms with Crippen molar-refractivity contribution >= 4 is 40.7 Å². The first kappa shape index (κ1) is 31.5. The second-order valence-electron chi connectivity index (χ2n) is 9.59. The highest BCUT2D eigenvalue weighted by atomic mass is 32.1. The van der Waals surface area contributed by atoms with Gasteiger partial charge in [-0.05, 0) is 73.2 Å². The van der Waals surface area contributed by atoms with Crippen LogP contribution in [0.2, 0.25) is 0 Å². The van der Waals surface area contributed by atoms with E-state index in [1.54, 1.807) is 54.8 Å². The summed E-state index contributed by atoms with van der Waals surface area (Å²) in [6.45, 7) is 2.42. The van der Waals surface area contributed by atoms with Crippen LogP contribution in [0.3, 0.4) is 0 Å². The minimum absolute atomic E-state index is 0.131. The van der Waals surface area contributed by atoms with E-state index in [2.05, 4.69) is 10.6 Å². The maximum absolute atomic E-state index is 14.0. The molecule has 11 nitrogen and oxygen atoms in total. The molecule has 2 aromatic carbocycles. The van der Waals surface area contributed by atoms with E-state index in [0.29, 0.717) is 34.2 Å². The van der Waals surface area contributed by atoms with Gasteiger partial charge < -0.3 is 29.6 Å². The number of esters is 1. The van der Waals surface area contributed by atoms with E-state index in [1.165, 1.54) is 42.6 Å². The molecule has 2 heterocycles. The van der Waals surface area contributed by atoms with Gasteiger partial charge in [-0.25, -0.2) is 4.79 Å². The minimum atomic E-state index is -1.18. The van der Waals surface area contributed by atoms with E-state index in [-0.39, 0.29) is 31.4 Å². The Hall–Kier alpha value is -4.42. The Morgan fingerprint density at radius 3 is 2.42 bits per heavy atom. The van der Waals surface area contributed by atoms with Gasteiger partial charge in [0.25, 0.3) is 5.91 Å². The van der Waals surface area contributed by atoms with E-state index in [4.69, 9.17) is 18.9 Å². The zero-order chi connectivity index (χ0) is 30.8. The molecule has 4 rings (SSSR count). The van der Waals surface area contributed by atoms with Crippen LogP contribution in [0.15, 0.2) is 60.0 Å². The highest BCUT2D eigenvalue weighted by molar-refractivity contribution is 7.12. The molecule has 0 radical (unpaired) electrons. The van der Waals surface area contributed by atoms with Crippen LogP contribution in [0.25, 0.3) is 0 Å². The van der Waals surface area contributed by atoms with Crippen LogP contribution >= 0.6 is 11.3 Å². The summed E-state index contributed by atoms with van der Waals surface area (Å²) in [5, 5.41) is 7.36. The third-order valence-electron chi connectivity index (χ3n) is 6.83. The van der Waals surface area contributed by atoms with Gasteiger partial charge in [-0.2, -0.15) is 0 Å². The van der Waals surface area contributed by atoms with Crippen molar-refractivity contribution in [3.05, 3.63) is 76.0 Å². The van der Waals surface area contributed by atoms with Crippen molar-refractivity contribution in [1.29, 1.82) is 0 Å². The van der Waals surface area contributed by atoms with E-state index >= 15 is 0 Å². The molecule has 1 fully saturated rings. The fourth-order valence-corrected chi connectivity index (χ4v) is 5.34. The molecule has 0 unspecified atom stereocenters. The Balaban J connectivity index is 1.73. The van der Waals surface area contributed by atoms with Gasteiger partial charge in [0.2, 0.25) is 11.8 Å². The maximum atomic E-state index is 14.0. The number of amides is 3. The highest BCUT2D eigenvalue weighted by Crippen LogP contribution is 2.34. The average Bonchev–Trinajstić information content (AvgIpc) is 3.76. The fourth-order valence-electron chi connectivity index (χ4n) is 4.70. The van der Waals surface area contributed by atoms with Crippen LogP contribution in [-0.2, 0) is 19.1 Å². The second-order valence-corrected chi connectivity index (χ2v) is 10.5. The average molecular weight is 610 g/mol. The standard InChI is InChI=1S/C31H35N3O8S/c1-4-41-31(38)20-9-12-22(13-10-20)34(27(35)19-33-29(36)26-8-6-16-43-26)28(30(37)32-18-23-7-5-15-42-23)21-11-14-24(39-2)25(17-21)40-3/h6,8-14,16-17,23,28H,4-5,7,15,18-19H2,1-3H3,(H,32,37)(H,33,36)/t23-,28-/m1/s1. The molecule has 1 aromatic heterocycles. The summed E-state index contributed by atoms with van der Waals surface area (Å²) in [6, 6.07) is 13.3. The highest BCUT2D eigenvalue weighted by Gasteiger charge is 2.34. The zero-order valence-corrected chi connectivity index (χ0v) is 25.1. The number of methoxy groups -OCH3 is 2. The van der Waals surface area contributed by atoms with Gasteiger partial charge in [-0.15, -0.1) is 11.3 Å². The summed E-state index contributed by atoms with van der Waals surface area (Å²) < 4.78 is 21.6. The Labute approximate surface area is 254 Å². The lowest BCUT2D eigenvalue weighted by Crippen LogP contribution is -2.48. The molecular weight excluding hydrogens is 574 g/mol. The molecule has 228 valence electrons. The number of rotatable bonds is 13. The van der Waals surface area contributed by atoms with Crippen molar-refractivity contribution in [2.75, 3.05) is 45.4 Å². The molecule has 0 bridgehead atoms. The van der Waals surface area contributed by atoms with Crippen molar-refractivity contribution in [1.82, 2.24) is 10.6 Å². The van der Waals surface area contributed by atoms with Gasteiger partial charge in [0, 0.05) is 18.8 Å². The molecule has 0 spiro atoms. The minimum Gasteiger partial charge on any atom is -0.493 e. The number of carbonyl (C=O) groups is 4. The maximum Gasteiger partial charge on any atom is 0.338 e. The Kier molecular flexibility index (Phi) is 11.1. The number of ether oxygens (including phenoxy) is 4. The summed E-state index contributed by atoms with van der Waals surface area (Å²) in [5.74, 6) is -1.12. The Morgan fingerprint density at radius 1 is 1.02 bits per heavy atom. The summed E-state index contributed by atoms with van der Waals surface area (Å²) >= 11 is 1.25. The van der Waals surface area contributed by atoms with Crippen LogP contribution < -0.4 is 25.0 Å². The van der Waals surface area contributed by atoms with E-state index < -0.39 is 29.7 Å². The SMILES string of the molecule is CCOC(=O)c1ccc(N(C(=O)CNC(=O)c2cccs2)[C@@H](C(=O)NC[C@H]2CCCO2)c2ccc(OC)c(OC)c2)cc1. The lowest BCUT2D eigenvalue weighted by Gasteiger charge is -2.32. The molecule has 1 aliphatic heterocycles. The van der Waals surface area contributed by atoms with Crippen LogP contribution in [0.1, 0.15) is 51.4 Å². The molecule has 3 amide bonds. The van der Waals surface area contributed by atoms with Crippen molar-refractivity contribution in [2.24, 2.45) is 0 Å². The van der Waals surface area contributed by atoms with Gasteiger partial charge in [0.15, 0.2) is 11.5 Å². The number of thiophene rings is 1. The van der Waals surface area contributed by atoms with Crippen LogP contribution in [0, 0.1) is 0 Å². The number of hydrogen-bond donors (Lipinski definition) is 2. The van der Waals surface area contributed by atoms with Gasteiger partial charge in [-0.1, -0.05) is 12.1 Å². The summed E-state index contributed by atoms with van der Waals surface area (Å²) in [4.78, 5) is 54.7. The third kappa shape index (κ3) is 7.90. The summed E-state index contributed by atoms with van der Waals surface area (Å²) in [7, 11) is 2.98. The van der Waals surface area contributed by atoms with Crippen molar-refractivity contribution < 1.29 is 38.1 Å². The first-order chi connectivity index (χ1) is 20.9. The van der Waals surface area contributed by atoms with Crippen molar-refractivity contribution in [3.8, 4) is 11.5 Å². The van der Waals surface area contributed by atoms with Gasteiger partial charge in [0.1, 0.15) is 6.04 Å². The van der Waals surface area contributed by atoms with E-state index in [9.17, 15) is 19.2 Å². The topological polar surface area (TPSA) is 132 Å². The van der Waals surface area contributed by atoms with Crippen molar-refractivity contribution in [3.63, 3.8) is 0 Å². The Bertz CT molecular complexity index is 1400. The first-order valence-corrected chi connectivity index (χ1v) is 14.8. The molecule has 1 aliphatic rings. The first-order valence-electron chi connectivity index (χ1n) is 13.9. The second kappa shape index (κ2) is 15.2. The predicted octanol–water partition coefficient (Wildman–Crippen LogP) is 3.74.